The summed E-state index contributed by atoms with van der Waals surface area (Å²) in [6.07, 6.45) is 10.6. The number of benzene rings is 1. The summed E-state index contributed by atoms with van der Waals surface area (Å²) in [5.74, 6) is 0.277. The summed E-state index contributed by atoms with van der Waals surface area (Å²) in [7, 11) is 0. The summed E-state index contributed by atoms with van der Waals surface area (Å²) in [4.78, 5) is 19.1. The molecule has 0 unspecified atom stereocenters. The molecule has 2 aliphatic rings. The predicted octanol–water partition coefficient (Wildman–Crippen LogP) is 3.70. The first-order chi connectivity index (χ1) is 11.3. The van der Waals surface area contributed by atoms with E-state index >= 15 is 0 Å². The van der Waals surface area contributed by atoms with E-state index in [4.69, 9.17) is 0 Å². The summed E-state index contributed by atoms with van der Waals surface area (Å²) in [6, 6.07) is 8.73. The summed E-state index contributed by atoms with van der Waals surface area (Å²) < 4.78 is 2.29. The van der Waals surface area contributed by atoms with E-state index in [1.807, 2.05) is 17.3 Å². The fourth-order valence-electron chi connectivity index (χ4n) is 3.85. The number of para-hydroxylation sites is 2. The molecule has 1 aliphatic heterocycles. The van der Waals surface area contributed by atoms with Gasteiger partial charge in [-0.25, -0.2) is 4.98 Å². The smallest absolute Gasteiger partial charge is 0.249 e. The number of amides is 1. The van der Waals surface area contributed by atoms with E-state index < -0.39 is 0 Å². The van der Waals surface area contributed by atoms with E-state index in [0.29, 0.717) is 6.04 Å². The van der Waals surface area contributed by atoms with Gasteiger partial charge >= 0.3 is 0 Å². The monoisotopic (exact) mass is 309 g/mol. The van der Waals surface area contributed by atoms with Gasteiger partial charge < -0.3 is 9.47 Å². The number of nitrogens with zero attached hydrogens (tertiary/aromatic N) is 3. The van der Waals surface area contributed by atoms with Crippen LogP contribution >= 0.6 is 0 Å². The lowest BCUT2D eigenvalue weighted by atomic mass is 9.97. The van der Waals surface area contributed by atoms with E-state index in [1.54, 1.807) is 0 Å². The summed E-state index contributed by atoms with van der Waals surface area (Å²) >= 11 is 0. The standard InChI is InChI=1S/C19H23N3O/c23-19(15-6-2-1-3-7-15)21-12-10-16(11-13-21)22-14-20-17-8-4-5-9-18(17)22/h4-6,8-9,14,16H,1-3,7,10-13H2. The molecule has 0 bridgehead atoms. The number of allylic oxidation sites excluding steroid dienone is 1. The van der Waals surface area contributed by atoms with Gasteiger partial charge in [-0.2, -0.15) is 0 Å². The van der Waals surface area contributed by atoms with Crippen LogP contribution in [-0.2, 0) is 4.79 Å². The molecule has 0 spiro atoms. The highest BCUT2D eigenvalue weighted by atomic mass is 16.2. The maximum absolute atomic E-state index is 12.6. The Morgan fingerprint density at radius 2 is 1.96 bits per heavy atom. The number of piperidine rings is 1. The van der Waals surface area contributed by atoms with Gasteiger partial charge in [0.1, 0.15) is 0 Å². The Bertz CT molecular complexity index is 738. The van der Waals surface area contributed by atoms with E-state index in [-0.39, 0.29) is 5.91 Å². The van der Waals surface area contributed by atoms with Gasteiger partial charge in [-0.1, -0.05) is 18.2 Å². The van der Waals surface area contributed by atoms with Crippen molar-refractivity contribution in [3.63, 3.8) is 0 Å². The number of fused-ring (bicyclic) bond motifs is 1. The van der Waals surface area contributed by atoms with Gasteiger partial charge in [-0.05, 0) is 50.7 Å². The van der Waals surface area contributed by atoms with E-state index in [2.05, 4.69) is 33.8 Å². The first-order valence-corrected chi connectivity index (χ1v) is 8.73. The minimum absolute atomic E-state index is 0.277. The summed E-state index contributed by atoms with van der Waals surface area (Å²) in [5, 5.41) is 0. The lowest BCUT2D eigenvalue weighted by Gasteiger charge is -2.33. The van der Waals surface area contributed by atoms with Crippen LogP contribution in [0.3, 0.4) is 0 Å². The van der Waals surface area contributed by atoms with E-state index in [0.717, 1.165) is 56.3 Å². The third-order valence-corrected chi connectivity index (χ3v) is 5.19. The van der Waals surface area contributed by atoms with E-state index in [9.17, 15) is 4.79 Å². The Hall–Kier alpha value is -2.10. The second kappa shape index (κ2) is 6.19. The first kappa shape index (κ1) is 14.5. The zero-order valence-electron chi connectivity index (χ0n) is 13.4. The quantitative estimate of drug-likeness (QED) is 0.848. The molecule has 2 aromatic rings. The van der Waals surface area contributed by atoms with Gasteiger partial charge in [-0.15, -0.1) is 0 Å². The summed E-state index contributed by atoms with van der Waals surface area (Å²) in [5.41, 5.74) is 3.30. The third-order valence-electron chi connectivity index (χ3n) is 5.19. The van der Waals surface area contributed by atoms with Crippen molar-refractivity contribution in [2.24, 2.45) is 0 Å². The molecule has 4 nitrogen and oxygen atoms in total. The van der Waals surface area contributed by atoms with Crippen LogP contribution in [0.5, 0.6) is 0 Å². The molecule has 1 aliphatic carbocycles. The molecule has 4 heteroatoms. The van der Waals surface area contributed by atoms with Gasteiger partial charge in [0.15, 0.2) is 0 Å². The molecule has 1 amide bonds. The molecule has 1 fully saturated rings. The lowest BCUT2D eigenvalue weighted by Crippen LogP contribution is -2.39. The number of carbonyl (C=O) groups excluding carboxylic acids is 1. The highest BCUT2D eigenvalue weighted by Gasteiger charge is 2.26. The second-order valence-corrected chi connectivity index (χ2v) is 6.64. The lowest BCUT2D eigenvalue weighted by molar-refractivity contribution is -0.128. The van der Waals surface area contributed by atoms with Gasteiger partial charge in [0, 0.05) is 24.7 Å². The molecule has 23 heavy (non-hydrogen) atoms. The fraction of sp³-hybridized carbons (Fsp3) is 0.474. The summed E-state index contributed by atoms with van der Waals surface area (Å²) in [6.45, 7) is 1.71. The van der Waals surface area contributed by atoms with Crippen LogP contribution < -0.4 is 0 Å². The average molecular weight is 309 g/mol. The number of hydrogen-bond donors (Lipinski definition) is 0. The molecule has 120 valence electrons. The van der Waals surface area contributed by atoms with Crippen molar-refractivity contribution in [3.8, 4) is 0 Å². The average Bonchev–Trinajstić information content (AvgIpc) is 3.06. The van der Waals surface area contributed by atoms with Crippen molar-refractivity contribution in [2.45, 2.75) is 44.6 Å². The molecule has 0 saturated carbocycles. The molecule has 2 heterocycles. The van der Waals surface area contributed by atoms with Crippen LogP contribution in [0.25, 0.3) is 11.0 Å². The molecule has 1 saturated heterocycles. The minimum Gasteiger partial charge on any atom is -0.339 e. The van der Waals surface area contributed by atoms with Crippen molar-refractivity contribution >= 4 is 16.9 Å². The largest absolute Gasteiger partial charge is 0.339 e. The number of hydrogen-bond acceptors (Lipinski definition) is 2. The van der Waals surface area contributed by atoms with Crippen LogP contribution in [0.2, 0.25) is 0 Å². The number of carbonyl (C=O) groups is 1. The Morgan fingerprint density at radius 3 is 2.74 bits per heavy atom. The van der Waals surface area contributed by atoms with Crippen LogP contribution in [0.1, 0.15) is 44.6 Å². The predicted molar refractivity (Wildman–Crippen MR) is 91.1 cm³/mol. The zero-order chi connectivity index (χ0) is 15.6. The minimum atomic E-state index is 0.277. The van der Waals surface area contributed by atoms with Crippen molar-refractivity contribution in [3.05, 3.63) is 42.2 Å². The molecule has 1 aromatic carbocycles. The van der Waals surface area contributed by atoms with Gasteiger partial charge in [0.05, 0.1) is 17.4 Å². The number of likely N-dealkylation sites (tertiary alicyclic amines) is 1. The normalized spacial score (nSPS) is 19.8. The number of rotatable bonds is 2. The Labute approximate surface area is 136 Å². The van der Waals surface area contributed by atoms with Gasteiger partial charge in [0.2, 0.25) is 5.91 Å². The number of imidazole rings is 1. The third kappa shape index (κ3) is 2.78. The Kier molecular flexibility index (Phi) is 3.90. The van der Waals surface area contributed by atoms with Crippen LogP contribution in [0.15, 0.2) is 42.2 Å². The second-order valence-electron chi connectivity index (χ2n) is 6.64. The highest BCUT2D eigenvalue weighted by Crippen LogP contribution is 2.28. The molecular formula is C19H23N3O. The van der Waals surface area contributed by atoms with Gasteiger partial charge in [-0.3, -0.25) is 4.79 Å². The van der Waals surface area contributed by atoms with Crippen molar-refractivity contribution in [2.75, 3.05) is 13.1 Å². The van der Waals surface area contributed by atoms with Crippen LogP contribution in [0.4, 0.5) is 0 Å². The molecule has 1 aromatic heterocycles. The highest BCUT2D eigenvalue weighted by molar-refractivity contribution is 5.93. The van der Waals surface area contributed by atoms with Crippen LogP contribution in [0, 0.1) is 0 Å². The van der Waals surface area contributed by atoms with Crippen molar-refractivity contribution in [1.29, 1.82) is 0 Å². The molecule has 4 rings (SSSR count). The molecule has 0 atom stereocenters. The maximum atomic E-state index is 12.6. The first-order valence-electron chi connectivity index (χ1n) is 8.73. The Balaban J connectivity index is 1.45. The molecule has 0 radical (unpaired) electrons. The van der Waals surface area contributed by atoms with Crippen molar-refractivity contribution in [1.82, 2.24) is 14.5 Å². The Morgan fingerprint density at radius 1 is 1.13 bits per heavy atom. The SMILES string of the molecule is O=C(C1=CCCCC1)N1CCC(n2cnc3ccccc32)CC1. The molecular weight excluding hydrogens is 286 g/mol. The van der Waals surface area contributed by atoms with Gasteiger partial charge in [0.25, 0.3) is 0 Å². The zero-order valence-corrected chi connectivity index (χ0v) is 13.4. The van der Waals surface area contributed by atoms with E-state index in [1.165, 1.54) is 11.9 Å². The topological polar surface area (TPSA) is 38.1 Å². The van der Waals surface area contributed by atoms with Crippen molar-refractivity contribution < 1.29 is 4.79 Å². The maximum Gasteiger partial charge on any atom is 0.249 e. The van der Waals surface area contributed by atoms with Crippen LogP contribution in [-0.4, -0.2) is 33.4 Å². The molecule has 0 N–H and O–H groups in total. The fourth-order valence-corrected chi connectivity index (χ4v) is 3.85. The number of aromatic nitrogens is 2.